The van der Waals surface area contributed by atoms with Gasteiger partial charge in [0.05, 0.1) is 19.1 Å². The summed E-state index contributed by atoms with van der Waals surface area (Å²) in [6.07, 6.45) is 0. The van der Waals surface area contributed by atoms with Crippen molar-refractivity contribution in [3.8, 4) is 0 Å². The molecule has 5 heteroatoms. The second-order valence-corrected chi connectivity index (χ2v) is 4.24. The van der Waals surface area contributed by atoms with E-state index in [9.17, 15) is 9.59 Å². The molecule has 0 spiro atoms. The lowest BCUT2D eigenvalue weighted by Crippen LogP contribution is -2.48. The largest absolute Gasteiger partial charge is 0.469 e. The third-order valence-electron chi connectivity index (χ3n) is 2.41. The van der Waals surface area contributed by atoms with E-state index in [-0.39, 0.29) is 18.5 Å². The number of hydrogen-bond acceptors (Lipinski definition) is 4. The lowest BCUT2D eigenvalue weighted by molar-refractivity contribution is -0.155. The van der Waals surface area contributed by atoms with Gasteiger partial charge in [-0.15, -0.1) is 0 Å². The predicted octanol–water partition coefficient (Wildman–Crippen LogP) is 0.0444. The van der Waals surface area contributed by atoms with E-state index in [0.717, 1.165) is 0 Å². The summed E-state index contributed by atoms with van der Waals surface area (Å²) in [4.78, 5) is 24.5. The SMILES string of the molecule is COC(=O)C(C)(C)CN1CCOCC1=O. The second kappa shape index (κ2) is 4.61. The van der Waals surface area contributed by atoms with Crippen LogP contribution in [0.1, 0.15) is 13.8 Å². The van der Waals surface area contributed by atoms with E-state index in [2.05, 4.69) is 4.74 Å². The van der Waals surface area contributed by atoms with E-state index < -0.39 is 5.41 Å². The maximum atomic E-state index is 11.4. The Labute approximate surface area is 89.3 Å². The highest BCUT2D eigenvalue weighted by molar-refractivity contribution is 5.80. The fourth-order valence-electron chi connectivity index (χ4n) is 1.54. The molecule has 0 unspecified atom stereocenters. The fraction of sp³-hybridized carbons (Fsp3) is 0.800. The van der Waals surface area contributed by atoms with E-state index in [1.807, 2.05) is 0 Å². The maximum Gasteiger partial charge on any atom is 0.313 e. The summed E-state index contributed by atoms with van der Waals surface area (Å²) >= 11 is 0. The van der Waals surface area contributed by atoms with Crippen LogP contribution in [0.4, 0.5) is 0 Å². The summed E-state index contributed by atoms with van der Waals surface area (Å²) in [7, 11) is 1.35. The second-order valence-electron chi connectivity index (χ2n) is 4.24. The monoisotopic (exact) mass is 215 g/mol. The molecule has 1 amide bonds. The molecule has 0 saturated carbocycles. The van der Waals surface area contributed by atoms with Crippen LogP contribution in [-0.2, 0) is 19.1 Å². The molecule has 0 radical (unpaired) electrons. The fourth-order valence-corrected chi connectivity index (χ4v) is 1.54. The first-order chi connectivity index (χ1) is 6.97. The summed E-state index contributed by atoms with van der Waals surface area (Å²) in [5.41, 5.74) is -0.665. The van der Waals surface area contributed by atoms with Crippen LogP contribution in [0.3, 0.4) is 0 Å². The molecule has 86 valence electrons. The van der Waals surface area contributed by atoms with Crippen LogP contribution in [0.2, 0.25) is 0 Å². The minimum absolute atomic E-state index is 0.0711. The third kappa shape index (κ3) is 2.92. The first kappa shape index (κ1) is 12.0. The molecule has 1 heterocycles. The highest BCUT2D eigenvalue weighted by Crippen LogP contribution is 2.19. The Balaban J connectivity index is 2.59. The van der Waals surface area contributed by atoms with Gasteiger partial charge >= 0.3 is 5.97 Å². The van der Waals surface area contributed by atoms with Crippen molar-refractivity contribution in [3.63, 3.8) is 0 Å². The average Bonchev–Trinajstić information content (AvgIpc) is 2.20. The Morgan fingerprint density at radius 3 is 2.80 bits per heavy atom. The van der Waals surface area contributed by atoms with Crippen molar-refractivity contribution in [1.82, 2.24) is 4.90 Å². The Bertz CT molecular complexity index is 262. The van der Waals surface area contributed by atoms with Gasteiger partial charge in [0.1, 0.15) is 6.61 Å². The van der Waals surface area contributed by atoms with Crippen molar-refractivity contribution in [3.05, 3.63) is 0 Å². The third-order valence-corrected chi connectivity index (χ3v) is 2.41. The zero-order valence-electron chi connectivity index (χ0n) is 9.41. The predicted molar refractivity (Wildman–Crippen MR) is 53.2 cm³/mol. The standard InChI is InChI=1S/C10H17NO4/c1-10(2,9(13)14-3)7-11-4-5-15-6-8(11)12/h4-7H2,1-3H3. The van der Waals surface area contributed by atoms with Crippen molar-refractivity contribution >= 4 is 11.9 Å². The molecule has 0 N–H and O–H groups in total. The Morgan fingerprint density at radius 1 is 1.60 bits per heavy atom. The molecule has 15 heavy (non-hydrogen) atoms. The molecule has 1 saturated heterocycles. The molecule has 0 aliphatic carbocycles. The summed E-state index contributed by atoms with van der Waals surface area (Å²) in [5.74, 6) is -0.375. The summed E-state index contributed by atoms with van der Waals surface area (Å²) < 4.78 is 9.69. The number of esters is 1. The topological polar surface area (TPSA) is 55.8 Å². The maximum absolute atomic E-state index is 11.4. The number of carbonyl (C=O) groups excluding carboxylic acids is 2. The van der Waals surface area contributed by atoms with E-state index in [1.54, 1.807) is 18.7 Å². The van der Waals surface area contributed by atoms with E-state index in [4.69, 9.17) is 4.74 Å². The van der Waals surface area contributed by atoms with Gasteiger partial charge in [0.15, 0.2) is 0 Å². The van der Waals surface area contributed by atoms with Gasteiger partial charge in [0.25, 0.3) is 0 Å². The Kier molecular flexibility index (Phi) is 3.68. The van der Waals surface area contributed by atoms with E-state index in [1.165, 1.54) is 7.11 Å². The van der Waals surface area contributed by atoms with Crippen LogP contribution in [0.25, 0.3) is 0 Å². The number of ether oxygens (including phenoxy) is 2. The average molecular weight is 215 g/mol. The molecule has 0 atom stereocenters. The number of amides is 1. The van der Waals surface area contributed by atoms with Crippen LogP contribution >= 0.6 is 0 Å². The molecule has 0 aromatic carbocycles. The summed E-state index contributed by atoms with van der Waals surface area (Å²) in [5, 5.41) is 0. The number of methoxy groups -OCH3 is 1. The summed E-state index contributed by atoms with van der Waals surface area (Å²) in [6.45, 7) is 5.09. The number of hydrogen-bond donors (Lipinski definition) is 0. The lowest BCUT2D eigenvalue weighted by atomic mass is 9.93. The highest BCUT2D eigenvalue weighted by Gasteiger charge is 2.33. The summed E-state index contributed by atoms with van der Waals surface area (Å²) in [6, 6.07) is 0. The lowest BCUT2D eigenvalue weighted by Gasteiger charge is -2.33. The molecule has 1 aliphatic rings. The zero-order chi connectivity index (χ0) is 11.5. The number of rotatable bonds is 3. The van der Waals surface area contributed by atoms with E-state index in [0.29, 0.717) is 19.7 Å². The van der Waals surface area contributed by atoms with Gasteiger partial charge in [-0.3, -0.25) is 9.59 Å². The molecular weight excluding hydrogens is 198 g/mol. The van der Waals surface area contributed by atoms with E-state index >= 15 is 0 Å². The van der Waals surface area contributed by atoms with Crippen LogP contribution in [0, 0.1) is 5.41 Å². The van der Waals surface area contributed by atoms with Gasteiger partial charge in [0.2, 0.25) is 5.91 Å². The van der Waals surface area contributed by atoms with Crippen LogP contribution < -0.4 is 0 Å². The number of morpholine rings is 1. The number of carbonyl (C=O) groups is 2. The zero-order valence-corrected chi connectivity index (χ0v) is 9.41. The highest BCUT2D eigenvalue weighted by atomic mass is 16.5. The van der Waals surface area contributed by atoms with Crippen LogP contribution in [-0.4, -0.2) is 50.2 Å². The van der Waals surface area contributed by atoms with Crippen molar-refractivity contribution in [2.75, 3.05) is 33.4 Å². The van der Waals surface area contributed by atoms with Gasteiger partial charge < -0.3 is 14.4 Å². The van der Waals surface area contributed by atoms with Gasteiger partial charge in [-0.1, -0.05) is 0 Å². The Hall–Kier alpha value is -1.10. The van der Waals surface area contributed by atoms with Crippen LogP contribution in [0.15, 0.2) is 0 Å². The molecule has 0 bridgehead atoms. The number of nitrogens with zero attached hydrogens (tertiary/aromatic N) is 1. The molecule has 1 fully saturated rings. The van der Waals surface area contributed by atoms with Gasteiger partial charge in [0, 0.05) is 13.1 Å². The van der Waals surface area contributed by atoms with Crippen molar-refractivity contribution in [2.45, 2.75) is 13.8 Å². The molecular formula is C10H17NO4. The minimum atomic E-state index is -0.665. The van der Waals surface area contributed by atoms with Crippen molar-refractivity contribution in [1.29, 1.82) is 0 Å². The van der Waals surface area contributed by atoms with Crippen LogP contribution in [0.5, 0.6) is 0 Å². The van der Waals surface area contributed by atoms with Gasteiger partial charge in [-0.05, 0) is 13.8 Å². The van der Waals surface area contributed by atoms with Crippen molar-refractivity contribution < 1.29 is 19.1 Å². The normalized spacial score (nSPS) is 17.8. The van der Waals surface area contributed by atoms with Crippen molar-refractivity contribution in [2.24, 2.45) is 5.41 Å². The Morgan fingerprint density at radius 2 is 2.27 bits per heavy atom. The van der Waals surface area contributed by atoms with Gasteiger partial charge in [-0.2, -0.15) is 0 Å². The quantitative estimate of drug-likeness (QED) is 0.624. The molecule has 1 aliphatic heterocycles. The van der Waals surface area contributed by atoms with Gasteiger partial charge in [-0.25, -0.2) is 0 Å². The smallest absolute Gasteiger partial charge is 0.313 e. The molecule has 0 aromatic heterocycles. The first-order valence-electron chi connectivity index (χ1n) is 4.91. The molecule has 1 rings (SSSR count). The minimum Gasteiger partial charge on any atom is -0.469 e. The molecule has 5 nitrogen and oxygen atoms in total. The first-order valence-corrected chi connectivity index (χ1v) is 4.91. The molecule has 0 aromatic rings.